The molecule has 1 fully saturated rings. The highest BCUT2D eigenvalue weighted by Crippen LogP contribution is 2.33. The lowest BCUT2D eigenvalue weighted by atomic mass is 10.2. The SMILES string of the molecule is CN(C(=O)C1CC1)c1ccc(OCc2cc3cc(F)c(Cl)cc3n2C(=O)OC(C)(C)C)cc1. The summed E-state index contributed by atoms with van der Waals surface area (Å²) in [6.45, 7) is 5.35. The molecule has 4 rings (SSSR count). The van der Waals surface area contributed by atoms with Crippen molar-refractivity contribution in [3.8, 4) is 5.75 Å². The number of anilines is 1. The minimum atomic E-state index is -0.713. The molecule has 0 unspecified atom stereocenters. The van der Waals surface area contributed by atoms with E-state index >= 15 is 0 Å². The maximum absolute atomic E-state index is 14.0. The van der Waals surface area contributed by atoms with Crippen LogP contribution in [0.4, 0.5) is 14.9 Å². The lowest BCUT2D eigenvalue weighted by molar-refractivity contribution is -0.119. The average Bonchev–Trinajstić information content (AvgIpc) is 3.53. The van der Waals surface area contributed by atoms with Crippen LogP contribution in [0.5, 0.6) is 5.75 Å². The Morgan fingerprint density at radius 1 is 1.15 bits per heavy atom. The van der Waals surface area contributed by atoms with Crippen molar-refractivity contribution in [2.75, 3.05) is 11.9 Å². The molecule has 0 N–H and O–H groups in total. The smallest absolute Gasteiger partial charge is 0.419 e. The summed E-state index contributed by atoms with van der Waals surface area (Å²) in [6, 6.07) is 11.5. The van der Waals surface area contributed by atoms with E-state index in [1.165, 1.54) is 16.7 Å². The first-order valence-corrected chi connectivity index (χ1v) is 11.1. The molecular formula is C25H26ClFN2O4. The van der Waals surface area contributed by atoms with Gasteiger partial charge in [-0.2, -0.15) is 0 Å². The predicted octanol–water partition coefficient (Wildman–Crippen LogP) is 6.17. The predicted molar refractivity (Wildman–Crippen MR) is 125 cm³/mol. The van der Waals surface area contributed by atoms with Crippen LogP contribution >= 0.6 is 11.6 Å². The van der Waals surface area contributed by atoms with Gasteiger partial charge in [0.05, 0.1) is 16.2 Å². The summed E-state index contributed by atoms with van der Waals surface area (Å²) in [6.07, 6.45) is 1.30. The van der Waals surface area contributed by atoms with Crippen LogP contribution in [0.1, 0.15) is 39.3 Å². The van der Waals surface area contributed by atoms with Gasteiger partial charge in [0.25, 0.3) is 0 Å². The highest BCUT2D eigenvalue weighted by atomic mass is 35.5. The van der Waals surface area contributed by atoms with E-state index in [4.69, 9.17) is 21.1 Å². The van der Waals surface area contributed by atoms with Crippen LogP contribution in [0.3, 0.4) is 0 Å². The summed E-state index contributed by atoms with van der Waals surface area (Å²) in [7, 11) is 1.76. The van der Waals surface area contributed by atoms with Crippen molar-refractivity contribution in [1.82, 2.24) is 4.57 Å². The van der Waals surface area contributed by atoms with Gasteiger partial charge in [0.1, 0.15) is 23.8 Å². The zero-order chi connectivity index (χ0) is 23.9. The van der Waals surface area contributed by atoms with Gasteiger partial charge >= 0.3 is 6.09 Å². The lowest BCUT2D eigenvalue weighted by Gasteiger charge is -2.21. The molecule has 0 spiro atoms. The third-order valence-electron chi connectivity index (χ3n) is 5.36. The fourth-order valence-corrected chi connectivity index (χ4v) is 3.70. The first kappa shape index (κ1) is 23.1. The number of carbonyl (C=O) groups is 2. The molecule has 33 heavy (non-hydrogen) atoms. The number of rotatable bonds is 5. The third-order valence-corrected chi connectivity index (χ3v) is 5.65. The zero-order valence-corrected chi connectivity index (χ0v) is 19.8. The van der Waals surface area contributed by atoms with Gasteiger partial charge in [-0.15, -0.1) is 0 Å². The van der Waals surface area contributed by atoms with Crippen LogP contribution in [-0.4, -0.2) is 29.2 Å². The van der Waals surface area contributed by atoms with E-state index in [-0.39, 0.29) is 23.5 Å². The van der Waals surface area contributed by atoms with Crippen molar-refractivity contribution in [2.24, 2.45) is 5.92 Å². The summed E-state index contributed by atoms with van der Waals surface area (Å²) >= 11 is 5.97. The number of carbonyl (C=O) groups excluding carboxylic acids is 2. The molecule has 0 radical (unpaired) electrons. The lowest BCUT2D eigenvalue weighted by Crippen LogP contribution is -2.28. The Morgan fingerprint density at radius 3 is 2.42 bits per heavy atom. The zero-order valence-electron chi connectivity index (χ0n) is 19.0. The van der Waals surface area contributed by atoms with Gasteiger partial charge < -0.3 is 14.4 Å². The Morgan fingerprint density at radius 2 is 1.82 bits per heavy atom. The molecule has 1 amide bonds. The Hall–Kier alpha value is -3.06. The number of benzene rings is 2. The molecule has 0 bridgehead atoms. The van der Waals surface area contributed by atoms with E-state index in [0.29, 0.717) is 22.3 Å². The van der Waals surface area contributed by atoms with Gasteiger partial charge in [0, 0.05) is 24.0 Å². The van der Waals surface area contributed by atoms with Crippen LogP contribution in [0.2, 0.25) is 5.02 Å². The van der Waals surface area contributed by atoms with Crippen molar-refractivity contribution >= 4 is 40.2 Å². The van der Waals surface area contributed by atoms with E-state index in [9.17, 15) is 14.0 Å². The van der Waals surface area contributed by atoms with Crippen LogP contribution in [0.25, 0.3) is 10.9 Å². The van der Waals surface area contributed by atoms with Gasteiger partial charge in [-0.3, -0.25) is 4.79 Å². The van der Waals surface area contributed by atoms with Crippen molar-refractivity contribution in [1.29, 1.82) is 0 Å². The molecule has 0 atom stereocenters. The molecule has 6 nitrogen and oxygen atoms in total. The topological polar surface area (TPSA) is 60.8 Å². The fraction of sp³-hybridized carbons (Fsp3) is 0.360. The number of halogens is 2. The minimum Gasteiger partial charge on any atom is -0.487 e. The standard InChI is InChI=1S/C25H26ClFN2O4/c1-25(2,3)33-24(31)29-18(11-16-12-21(27)20(26)13-22(16)29)14-32-19-9-7-17(8-10-19)28(4)23(30)15-5-6-15/h7-13,15H,5-6,14H2,1-4H3. The number of amides is 1. The number of aromatic nitrogens is 1. The summed E-state index contributed by atoms with van der Waals surface area (Å²) < 4.78 is 26.8. The second-order valence-electron chi connectivity index (χ2n) is 9.23. The van der Waals surface area contributed by atoms with Gasteiger partial charge in [0.2, 0.25) is 5.91 Å². The average molecular weight is 473 g/mol. The molecule has 3 aromatic rings. The van der Waals surface area contributed by atoms with E-state index in [2.05, 4.69) is 0 Å². The number of hydrogen-bond acceptors (Lipinski definition) is 4. The maximum Gasteiger partial charge on any atom is 0.419 e. The van der Waals surface area contributed by atoms with Crippen molar-refractivity contribution < 1.29 is 23.5 Å². The van der Waals surface area contributed by atoms with Crippen molar-refractivity contribution in [3.63, 3.8) is 0 Å². The number of fused-ring (bicyclic) bond motifs is 1. The summed E-state index contributed by atoms with van der Waals surface area (Å²) in [5, 5.41) is 0.426. The normalized spacial score (nSPS) is 13.8. The second kappa shape index (κ2) is 8.71. The number of ether oxygens (including phenoxy) is 2. The van der Waals surface area contributed by atoms with E-state index in [1.54, 1.807) is 50.9 Å². The summed E-state index contributed by atoms with van der Waals surface area (Å²) in [5.41, 5.74) is 0.998. The molecule has 1 saturated carbocycles. The fourth-order valence-electron chi connectivity index (χ4n) is 3.54. The number of hydrogen-bond donors (Lipinski definition) is 0. The molecule has 8 heteroatoms. The van der Waals surface area contributed by atoms with Crippen LogP contribution < -0.4 is 9.64 Å². The molecule has 1 aromatic heterocycles. The summed E-state index contributed by atoms with van der Waals surface area (Å²) in [4.78, 5) is 26.8. The van der Waals surface area contributed by atoms with Gasteiger partial charge in [-0.05, 0) is 76.1 Å². The van der Waals surface area contributed by atoms with Crippen LogP contribution in [0.15, 0.2) is 42.5 Å². The van der Waals surface area contributed by atoms with Crippen LogP contribution in [-0.2, 0) is 16.1 Å². The van der Waals surface area contributed by atoms with Crippen molar-refractivity contribution in [2.45, 2.75) is 45.8 Å². The van der Waals surface area contributed by atoms with Gasteiger partial charge in [0.15, 0.2) is 0 Å². The molecule has 2 aromatic carbocycles. The first-order chi connectivity index (χ1) is 15.5. The largest absolute Gasteiger partial charge is 0.487 e. The van der Waals surface area contributed by atoms with E-state index in [1.807, 2.05) is 12.1 Å². The Kier molecular flexibility index (Phi) is 6.10. The molecule has 0 saturated heterocycles. The first-order valence-electron chi connectivity index (χ1n) is 10.8. The molecule has 174 valence electrons. The molecular weight excluding hydrogens is 447 g/mol. The second-order valence-corrected chi connectivity index (χ2v) is 9.64. The monoisotopic (exact) mass is 472 g/mol. The van der Waals surface area contributed by atoms with Gasteiger partial charge in [-0.25, -0.2) is 13.8 Å². The number of nitrogens with zero attached hydrogens (tertiary/aromatic N) is 2. The highest BCUT2D eigenvalue weighted by Gasteiger charge is 2.32. The Bertz CT molecular complexity index is 1210. The van der Waals surface area contributed by atoms with E-state index < -0.39 is 17.5 Å². The van der Waals surface area contributed by atoms with Gasteiger partial charge in [-0.1, -0.05) is 11.6 Å². The Labute approximate surface area is 196 Å². The van der Waals surface area contributed by atoms with Crippen molar-refractivity contribution in [3.05, 3.63) is 59.0 Å². The third kappa shape index (κ3) is 5.14. The van der Waals surface area contributed by atoms with E-state index in [0.717, 1.165) is 18.5 Å². The molecule has 1 heterocycles. The molecule has 1 aliphatic carbocycles. The molecule has 1 aliphatic rings. The van der Waals surface area contributed by atoms with Crippen LogP contribution in [0, 0.1) is 11.7 Å². The minimum absolute atomic E-state index is 0.0450. The Balaban J connectivity index is 1.57. The maximum atomic E-state index is 14.0. The molecule has 0 aliphatic heterocycles. The summed E-state index contributed by atoms with van der Waals surface area (Å²) in [5.74, 6) is 0.255. The highest BCUT2D eigenvalue weighted by molar-refractivity contribution is 6.31. The quantitative estimate of drug-likeness (QED) is 0.445.